The molecule has 0 saturated carbocycles. The van der Waals surface area contributed by atoms with E-state index in [9.17, 15) is 4.57 Å². The van der Waals surface area contributed by atoms with Crippen molar-refractivity contribution in [1.29, 1.82) is 0 Å². The highest BCUT2D eigenvalue weighted by Crippen LogP contribution is 2.61. The van der Waals surface area contributed by atoms with Crippen LogP contribution < -0.4 is 0 Å². The number of hydrogen-bond acceptors (Lipinski definition) is 4. The van der Waals surface area contributed by atoms with Crippen molar-refractivity contribution in [2.24, 2.45) is 0 Å². The Morgan fingerprint density at radius 1 is 1.33 bits per heavy atom. The summed E-state index contributed by atoms with van der Waals surface area (Å²) in [7, 11) is 1.70. The van der Waals surface area contributed by atoms with E-state index in [1.807, 2.05) is 0 Å². The highest BCUT2D eigenvalue weighted by Gasteiger charge is 2.49. The molecule has 0 N–H and O–H groups in total. The predicted molar refractivity (Wildman–Crippen MR) is 84.6 cm³/mol. The molecule has 0 aliphatic carbocycles. The Labute approximate surface area is 122 Å². The van der Waals surface area contributed by atoms with Crippen molar-refractivity contribution >= 4 is 41.1 Å². The van der Waals surface area contributed by atoms with Crippen LogP contribution in [-0.4, -0.2) is 10.9 Å². The molecule has 0 aromatic heterocycles. The largest absolute Gasteiger partial charge is 0.582 e. The zero-order valence-electron chi connectivity index (χ0n) is 10.5. The zero-order chi connectivity index (χ0) is 13.3. The average molecular weight is 319 g/mol. The van der Waals surface area contributed by atoms with Gasteiger partial charge in [0.25, 0.3) is 0 Å². The van der Waals surface area contributed by atoms with Gasteiger partial charge in [0.15, 0.2) is 0 Å². The van der Waals surface area contributed by atoms with Crippen LogP contribution in [0.2, 0.25) is 0 Å². The summed E-state index contributed by atoms with van der Waals surface area (Å²) < 4.78 is 16.8. The fourth-order valence-electron chi connectivity index (χ4n) is 1.90. The van der Waals surface area contributed by atoms with Crippen LogP contribution in [0.1, 0.15) is 30.2 Å². The van der Waals surface area contributed by atoms with E-state index in [2.05, 4.69) is 57.3 Å². The maximum atomic E-state index is 11.3. The summed E-state index contributed by atoms with van der Waals surface area (Å²) in [4.78, 5) is 0. The van der Waals surface area contributed by atoms with Crippen LogP contribution in [0.3, 0.4) is 0 Å². The van der Waals surface area contributed by atoms with E-state index in [0.29, 0.717) is 0 Å². The van der Waals surface area contributed by atoms with E-state index in [-0.39, 0.29) is 16.1 Å². The normalized spacial score (nSPS) is 27.2. The van der Waals surface area contributed by atoms with Crippen molar-refractivity contribution in [3.05, 3.63) is 35.4 Å². The lowest BCUT2D eigenvalue weighted by molar-refractivity contribution is 0.187. The van der Waals surface area contributed by atoms with Gasteiger partial charge >= 0.3 is 7.23 Å². The maximum absolute atomic E-state index is 11.3. The van der Waals surface area contributed by atoms with Crippen LogP contribution in [0.4, 0.5) is 0 Å². The van der Waals surface area contributed by atoms with Crippen LogP contribution in [0, 0.1) is 6.92 Å². The van der Waals surface area contributed by atoms with E-state index >= 15 is 0 Å². The minimum absolute atomic E-state index is 0.0616. The second-order valence-corrected chi connectivity index (χ2v) is 9.54. The topological polar surface area (TPSA) is 26.3 Å². The smallest absolute Gasteiger partial charge is 0.130 e. The summed E-state index contributed by atoms with van der Waals surface area (Å²) in [6.45, 7) is 6.31. The quantitative estimate of drug-likeness (QED) is 0.471. The third kappa shape index (κ3) is 3.26. The van der Waals surface area contributed by atoms with Crippen LogP contribution in [0.25, 0.3) is 0 Å². The molecule has 0 bridgehead atoms. The maximum Gasteiger partial charge on any atom is 0.582 e. The lowest BCUT2D eigenvalue weighted by Crippen LogP contribution is -2.32. The second-order valence-electron chi connectivity index (χ2n) is 4.88. The number of benzene rings is 1. The van der Waals surface area contributed by atoms with Crippen LogP contribution in [0.15, 0.2) is 24.3 Å². The molecule has 1 aromatic rings. The fourth-order valence-corrected chi connectivity index (χ4v) is 6.40. The van der Waals surface area contributed by atoms with Gasteiger partial charge in [0.1, 0.15) is 18.4 Å². The second kappa shape index (κ2) is 5.76. The average Bonchev–Trinajstić information content (AvgIpc) is 2.56. The lowest BCUT2D eigenvalue weighted by atomic mass is 9.97. The zero-order valence-corrected chi connectivity index (χ0v) is 13.9. The minimum Gasteiger partial charge on any atom is -0.130 e. The first-order chi connectivity index (χ1) is 8.40. The molecule has 1 saturated heterocycles. The Kier molecular flexibility index (Phi) is 4.71. The van der Waals surface area contributed by atoms with E-state index in [0.717, 1.165) is 0 Å². The van der Waals surface area contributed by atoms with Crippen molar-refractivity contribution in [2.45, 2.75) is 36.9 Å². The molecule has 18 heavy (non-hydrogen) atoms. The molecule has 1 heterocycles. The predicted octanol–water partition coefficient (Wildman–Crippen LogP) is 5.18. The van der Waals surface area contributed by atoms with Gasteiger partial charge < -0.3 is 0 Å². The van der Waals surface area contributed by atoms with Crippen molar-refractivity contribution < 1.29 is 9.09 Å². The minimum atomic E-state index is -1.88. The monoisotopic (exact) mass is 319 g/mol. The van der Waals surface area contributed by atoms with Crippen molar-refractivity contribution in [3.8, 4) is 0 Å². The third-order valence-electron chi connectivity index (χ3n) is 2.94. The first-order valence-electron chi connectivity index (χ1n) is 5.64. The Morgan fingerprint density at radius 2 is 1.94 bits per heavy atom. The highest BCUT2D eigenvalue weighted by atomic mass is 33.1. The molecule has 1 aliphatic heterocycles. The van der Waals surface area contributed by atoms with E-state index in [4.69, 9.17) is 4.52 Å². The van der Waals surface area contributed by atoms with Crippen LogP contribution in [-0.2, 0) is 9.09 Å². The van der Waals surface area contributed by atoms with Crippen molar-refractivity contribution in [3.63, 3.8) is 0 Å². The molecule has 98 valence electrons. The fraction of sp³-hybridized carbons (Fsp3) is 0.500. The van der Waals surface area contributed by atoms with Gasteiger partial charge in [-0.15, -0.1) is 4.52 Å². The van der Waals surface area contributed by atoms with Gasteiger partial charge in [-0.1, -0.05) is 51.4 Å². The van der Waals surface area contributed by atoms with Gasteiger partial charge in [0.05, 0.1) is 10.00 Å². The van der Waals surface area contributed by atoms with Gasteiger partial charge in [-0.2, -0.15) is 0 Å². The Morgan fingerprint density at radius 3 is 2.50 bits per heavy atom. The number of thiol groups is 1. The van der Waals surface area contributed by atoms with Crippen LogP contribution in [0.5, 0.6) is 0 Å². The van der Waals surface area contributed by atoms with Crippen LogP contribution >= 0.6 is 41.1 Å². The molecule has 1 aromatic carbocycles. The first kappa shape index (κ1) is 14.7. The molecule has 1 fully saturated rings. The van der Waals surface area contributed by atoms with Gasteiger partial charge in [-0.3, -0.25) is 0 Å². The Bertz CT molecular complexity index is 447. The van der Waals surface area contributed by atoms with E-state index in [1.165, 1.54) is 11.1 Å². The van der Waals surface area contributed by atoms with Gasteiger partial charge in [0.2, 0.25) is 0 Å². The molecule has 0 radical (unpaired) electrons. The van der Waals surface area contributed by atoms with Crippen molar-refractivity contribution in [1.82, 2.24) is 0 Å². The summed E-state index contributed by atoms with van der Waals surface area (Å²) >= 11 is 3.89. The summed E-state index contributed by atoms with van der Waals surface area (Å²) in [5.41, 5.74) is 2.46. The van der Waals surface area contributed by atoms with Gasteiger partial charge in [0, 0.05) is 0 Å². The molecule has 3 unspecified atom stereocenters. The van der Waals surface area contributed by atoms with E-state index < -0.39 is 7.23 Å². The van der Waals surface area contributed by atoms with Gasteiger partial charge in [-0.05, 0) is 30.9 Å². The highest BCUT2D eigenvalue weighted by molar-refractivity contribution is 8.77. The number of rotatable bonds is 3. The SMILES string of the molecule is Cc1ccc(C2SSC(C)(C)C2O[P+](=O)S)cc1. The molecule has 2 rings (SSSR count). The molecule has 0 spiro atoms. The molecule has 6 heteroatoms. The number of hydrogen-bond donors (Lipinski definition) is 1. The molecule has 1 aliphatic rings. The molecule has 2 nitrogen and oxygen atoms in total. The van der Waals surface area contributed by atoms with Crippen molar-refractivity contribution in [2.75, 3.05) is 0 Å². The van der Waals surface area contributed by atoms with E-state index in [1.54, 1.807) is 21.6 Å². The summed E-state index contributed by atoms with van der Waals surface area (Å²) in [6.07, 6.45) is -0.0867. The molecular formula is C12H16O2PS3+. The Hall–Kier alpha value is 0.330. The molecular weight excluding hydrogens is 303 g/mol. The first-order valence-corrected chi connectivity index (χ1v) is 10.2. The summed E-state index contributed by atoms with van der Waals surface area (Å²) in [5, 5.41) is 0.205. The Balaban J connectivity index is 2.26. The van der Waals surface area contributed by atoms with Gasteiger partial charge in [-0.25, -0.2) is 0 Å². The summed E-state index contributed by atoms with van der Waals surface area (Å²) in [5.74, 6) is 0. The third-order valence-corrected chi connectivity index (χ3v) is 7.31. The lowest BCUT2D eigenvalue weighted by Gasteiger charge is -2.23. The summed E-state index contributed by atoms with van der Waals surface area (Å²) in [6, 6.07) is 8.45. The number of aryl methyl sites for hydroxylation is 1. The molecule has 0 amide bonds. The standard InChI is InChI=1S/C12H15O2PS3/c1-8-4-6-9(7-5-8)10-11(14-15(13)16)12(2,3)18-17-10/h4-7,10-11H,1-3H3/p+1. The molecule has 3 atom stereocenters.